The topological polar surface area (TPSA) is 75.5 Å². The molecule has 0 radical (unpaired) electrons. The summed E-state index contributed by atoms with van der Waals surface area (Å²) in [5.41, 5.74) is 5.90. The number of nitro groups is 1. The van der Waals surface area contributed by atoms with E-state index in [0.717, 1.165) is 24.1 Å². The summed E-state index contributed by atoms with van der Waals surface area (Å²) in [6.07, 6.45) is 2.62. The number of fused-ring (bicyclic) bond motifs is 1. The number of hydrogen-bond acceptors (Lipinski definition) is 3. The summed E-state index contributed by atoms with van der Waals surface area (Å²) < 4.78 is 0. The van der Waals surface area contributed by atoms with E-state index in [-0.39, 0.29) is 22.8 Å². The lowest BCUT2D eigenvalue weighted by atomic mass is 10.0. The molecule has 2 amide bonds. The fourth-order valence-corrected chi connectivity index (χ4v) is 5.50. The van der Waals surface area contributed by atoms with Crippen molar-refractivity contribution in [3.8, 4) is 0 Å². The average Bonchev–Trinajstić information content (AvgIpc) is 3.28. The summed E-state index contributed by atoms with van der Waals surface area (Å²) in [5, 5.41) is 15.1. The van der Waals surface area contributed by atoms with Gasteiger partial charge >= 0.3 is 6.03 Å². The van der Waals surface area contributed by atoms with Gasteiger partial charge < -0.3 is 5.32 Å². The Kier molecular flexibility index (Phi) is 7.65. The first-order chi connectivity index (χ1) is 17.3. The van der Waals surface area contributed by atoms with E-state index in [2.05, 4.69) is 43.4 Å². The van der Waals surface area contributed by atoms with Crippen molar-refractivity contribution in [1.82, 2.24) is 0 Å². The zero-order valence-electron chi connectivity index (χ0n) is 21.2. The minimum atomic E-state index is -0.435. The molecule has 0 spiro atoms. The molecule has 0 heterocycles. The number of carbonyl (C=O) groups is 1. The molecule has 6 nitrogen and oxygen atoms in total. The van der Waals surface area contributed by atoms with Crippen LogP contribution in [-0.4, -0.2) is 11.0 Å². The van der Waals surface area contributed by atoms with E-state index in [1.165, 1.54) is 17.2 Å². The minimum absolute atomic E-state index is 0.0750. The lowest BCUT2D eigenvalue weighted by molar-refractivity contribution is -0.385. The van der Waals surface area contributed by atoms with Crippen LogP contribution in [0.2, 0.25) is 5.02 Å². The van der Waals surface area contributed by atoms with E-state index >= 15 is 0 Å². The normalized spacial score (nSPS) is 14.6. The van der Waals surface area contributed by atoms with Gasteiger partial charge in [-0.25, -0.2) is 4.79 Å². The Bertz CT molecular complexity index is 1290. The third-order valence-electron chi connectivity index (χ3n) is 7.07. The Morgan fingerprint density at radius 3 is 2.39 bits per heavy atom. The van der Waals surface area contributed by atoms with Crippen LogP contribution in [0.3, 0.4) is 0 Å². The smallest absolute Gasteiger partial charge is 0.307 e. The molecule has 188 valence electrons. The molecule has 0 aliphatic heterocycles. The van der Waals surface area contributed by atoms with E-state index in [4.69, 9.17) is 11.6 Å². The standard InChI is InChI=1S/C29H32ClN3O3/c1-5-22-25(30)17-27(33(35)36)23(6-2)28(22)31-29(34)32(21-14-11-19(12-15-21)18(3)4)26-16-13-20-9-7-8-10-24(20)26/h7-12,14-15,17-18,26H,5-6,13,16H2,1-4H3,(H,31,34). The molecule has 0 saturated heterocycles. The molecular formula is C29H32ClN3O3. The maximum Gasteiger partial charge on any atom is 0.326 e. The number of aryl methyl sites for hydroxylation is 1. The van der Waals surface area contributed by atoms with Gasteiger partial charge in [0.2, 0.25) is 0 Å². The highest BCUT2D eigenvalue weighted by atomic mass is 35.5. The third-order valence-corrected chi connectivity index (χ3v) is 7.41. The van der Waals surface area contributed by atoms with Crippen LogP contribution < -0.4 is 10.2 Å². The molecule has 0 fully saturated rings. The van der Waals surface area contributed by atoms with E-state index in [1.54, 1.807) is 4.90 Å². The van der Waals surface area contributed by atoms with E-state index in [9.17, 15) is 14.9 Å². The number of rotatable bonds is 7. The molecule has 1 aliphatic carbocycles. The number of carbonyl (C=O) groups excluding carboxylic acids is 1. The van der Waals surface area contributed by atoms with Crippen molar-refractivity contribution in [1.29, 1.82) is 0 Å². The summed E-state index contributed by atoms with van der Waals surface area (Å²) in [4.78, 5) is 27.2. The van der Waals surface area contributed by atoms with Crippen molar-refractivity contribution in [3.63, 3.8) is 0 Å². The Balaban J connectivity index is 1.81. The van der Waals surface area contributed by atoms with Gasteiger partial charge in [-0.2, -0.15) is 0 Å². The number of amides is 2. The quantitative estimate of drug-likeness (QED) is 0.259. The molecule has 0 bridgehead atoms. The number of anilines is 2. The zero-order chi connectivity index (χ0) is 26.0. The summed E-state index contributed by atoms with van der Waals surface area (Å²) in [5.74, 6) is 0.375. The maximum atomic E-state index is 14.1. The van der Waals surface area contributed by atoms with Crippen LogP contribution >= 0.6 is 11.6 Å². The summed E-state index contributed by atoms with van der Waals surface area (Å²) in [7, 11) is 0. The molecule has 7 heteroatoms. The Labute approximate surface area is 217 Å². The van der Waals surface area contributed by atoms with Crippen LogP contribution in [0.1, 0.15) is 73.9 Å². The molecular weight excluding hydrogens is 474 g/mol. The van der Waals surface area contributed by atoms with Gasteiger partial charge in [0.1, 0.15) is 0 Å². The van der Waals surface area contributed by atoms with Crippen LogP contribution in [0.4, 0.5) is 21.9 Å². The SMILES string of the molecule is CCc1c(Cl)cc([N+](=O)[O-])c(CC)c1NC(=O)N(c1ccc(C(C)C)cc1)C1CCc2ccccc21. The molecule has 4 rings (SSSR count). The fraction of sp³-hybridized carbons (Fsp3) is 0.345. The number of halogens is 1. The Hall–Kier alpha value is -3.38. The van der Waals surface area contributed by atoms with Gasteiger partial charge in [-0.15, -0.1) is 0 Å². The second kappa shape index (κ2) is 10.7. The predicted octanol–water partition coefficient (Wildman–Crippen LogP) is 8.22. The van der Waals surface area contributed by atoms with Crippen LogP contribution in [0.25, 0.3) is 0 Å². The fourth-order valence-electron chi connectivity index (χ4n) is 5.17. The van der Waals surface area contributed by atoms with Crippen molar-refractivity contribution < 1.29 is 9.72 Å². The number of nitro benzene ring substituents is 1. The number of urea groups is 1. The van der Waals surface area contributed by atoms with Gasteiger partial charge in [0.15, 0.2) is 0 Å². The third kappa shape index (κ3) is 4.82. The molecule has 3 aromatic carbocycles. The van der Waals surface area contributed by atoms with Gasteiger partial charge in [0.05, 0.1) is 27.2 Å². The number of hydrogen-bond donors (Lipinski definition) is 1. The number of nitrogens with one attached hydrogen (secondary N) is 1. The Morgan fingerprint density at radius 1 is 1.11 bits per heavy atom. The molecule has 0 saturated carbocycles. The molecule has 0 aromatic heterocycles. The van der Waals surface area contributed by atoms with Crippen molar-refractivity contribution in [3.05, 3.63) is 97.6 Å². The van der Waals surface area contributed by atoms with Crippen LogP contribution in [0, 0.1) is 10.1 Å². The predicted molar refractivity (Wildman–Crippen MR) is 146 cm³/mol. The molecule has 36 heavy (non-hydrogen) atoms. The highest BCUT2D eigenvalue weighted by Gasteiger charge is 2.33. The van der Waals surface area contributed by atoms with Crippen LogP contribution in [-0.2, 0) is 19.3 Å². The lowest BCUT2D eigenvalue weighted by Gasteiger charge is -2.31. The molecule has 1 atom stereocenters. The number of nitrogens with zero attached hydrogens (tertiary/aromatic N) is 2. The maximum absolute atomic E-state index is 14.1. The number of benzene rings is 3. The molecule has 1 aliphatic rings. The van der Waals surface area contributed by atoms with Crippen LogP contribution in [0.15, 0.2) is 54.6 Å². The van der Waals surface area contributed by atoms with Gasteiger partial charge in [-0.3, -0.25) is 15.0 Å². The van der Waals surface area contributed by atoms with Gasteiger partial charge in [0.25, 0.3) is 5.69 Å². The van der Waals surface area contributed by atoms with Crippen molar-refractivity contribution in [2.24, 2.45) is 0 Å². The lowest BCUT2D eigenvalue weighted by Crippen LogP contribution is -2.38. The van der Waals surface area contributed by atoms with E-state index < -0.39 is 4.92 Å². The van der Waals surface area contributed by atoms with Gasteiger partial charge in [-0.05, 0) is 66.0 Å². The Morgan fingerprint density at radius 2 is 1.78 bits per heavy atom. The average molecular weight is 506 g/mol. The minimum Gasteiger partial charge on any atom is -0.307 e. The van der Waals surface area contributed by atoms with Gasteiger partial charge in [-0.1, -0.05) is 75.7 Å². The van der Waals surface area contributed by atoms with Crippen LogP contribution in [0.5, 0.6) is 0 Å². The largest absolute Gasteiger partial charge is 0.326 e. The molecule has 1 N–H and O–H groups in total. The highest BCUT2D eigenvalue weighted by molar-refractivity contribution is 6.32. The monoisotopic (exact) mass is 505 g/mol. The zero-order valence-corrected chi connectivity index (χ0v) is 21.9. The molecule has 3 aromatic rings. The second-order valence-corrected chi connectivity index (χ2v) is 9.88. The summed E-state index contributed by atoms with van der Waals surface area (Å²) in [6, 6.07) is 17.2. The first-order valence-corrected chi connectivity index (χ1v) is 12.9. The first kappa shape index (κ1) is 25.7. The second-order valence-electron chi connectivity index (χ2n) is 9.47. The highest BCUT2D eigenvalue weighted by Crippen LogP contribution is 2.41. The van der Waals surface area contributed by atoms with E-state index in [0.29, 0.717) is 35.6 Å². The summed E-state index contributed by atoms with van der Waals surface area (Å²) in [6.45, 7) is 8.05. The van der Waals surface area contributed by atoms with E-state index in [1.807, 2.05) is 38.1 Å². The summed E-state index contributed by atoms with van der Waals surface area (Å²) >= 11 is 6.46. The van der Waals surface area contributed by atoms with Gasteiger partial charge in [0, 0.05) is 11.8 Å². The van der Waals surface area contributed by atoms with Crippen molar-refractivity contribution in [2.75, 3.05) is 10.2 Å². The molecule has 1 unspecified atom stereocenters. The van der Waals surface area contributed by atoms with Crippen molar-refractivity contribution >= 4 is 34.7 Å². The first-order valence-electron chi connectivity index (χ1n) is 12.5. The van der Waals surface area contributed by atoms with Crippen molar-refractivity contribution in [2.45, 2.75) is 65.3 Å².